The lowest BCUT2D eigenvalue weighted by Gasteiger charge is -2.27. The average molecular weight is 357 g/mol. The van der Waals surface area contributed by atoms with Crippen molar-refractivity contribution in [3.8, 4) is 0 Å². The van der Waals surface area contributed by atoms with Crippen LogP contribution in [0.1, 0.15) is 66.9 Å². The molecular weight excluding hydrogens is 324 g/mol. The van der Waals surface area contributed by atoms with Crippen LogP contribution in [0, 0.1) is 22.7 Å². The van der Waals surface area contributed by atoms with Gasteiger partial charge in [0.2, 0.25) is 11.8 Å². The van der Waals surface area contributed by atoms with Crippen molar-refractivity contribution in [1.29, 1.82) is 0 Å². The van der Waals surface area contributed by atoms with E-state index in [1.165, 1.54) is 0 Å². The van der Waals surface area contributed by atoms with Gasteiger partial charge in [-0.05, 0) is 41.2 Å². The van der Waals surface area contributed by atoms with Crippen LogP contribution in [0.25, 0.3) is 0 Å². The molecule has 2 N–H and O–H groups in total. The smallest absolute Gasteiger partial charge is 0.228 e. The quantitative estimate of drug-likeness (QED) is 0.801. The molecule has 0 aromatic heterocycles. The van der Waals surface area contributed by atoms with Gasteiger partial charge in [0.1, 0.15) is 0 Å². The van der Waals surface area contributed by atoms with Gasteiger partial charge in [0, 0.05) is 28.8 Å². The fourth-order valence-corrected chi connectivity index (χ4v) is 3.84. The molecule has 2 amide bonds. The molecule has 4 nitrogen and oxygen atoms in total. The maximum absolute atomic E-state index is 12.6. The van der Waals surface area contributed by atoms with Crippen LogP contribution >= 0.6 is 0 Å². The van der Waals surface area contributed by atoms with Crippen LogP contribution in [0.5, 0.6) is 0 Å². The molecule has 1 aromatic carbocycles. The van der Waals surface area contributed by atoms with Gasteiger partial charge in [0.05, 0.1) is 0 Å². The van der Waals surface area contributed by atoms with Gasteiger partial charge in [0.15, 0.2) is 0 Å². The zero-order valence-corrected chi connectivity index (χ0v) is 17.1. The van der Waals surface area contributed by atoms with Crippen molar-refractivity contribution in [2.75, 3.05) is 10.6 Å². The molecule has 26 heavy (non-hydrogen) atoms. The normalized spacial score (nSPS) is 25.3. The highest BCUT2D eigenvalue weighted by Crippen LogP contribution is 2.53. The maximum Gasteiger partial charge on any atom is 0.228 e. The largest absolute Gasteiger partial charge is 0.325 e. The van der Waals surface area contributed by atoms with Crippen LogP contribution in [0.2, 0.25) is 0 Å². The summed E-state index contributed by atoms with van der Waals surface area (Å²) in [5.74, 6) is 0.293. The van der Waals surface area contributed by atoms with Gasteiger partial charge in [0.25, 0.3) is 0 Å². The lowest BCUT2D eigenvalue weighted by atomic mass is 9.84. The Morgan fingerprint density at radius 3 is 1.50 bits per heavy atom. The minimum atomic E-state index is -0.204. The molecule has 3 rings (SSSR count). The molecule has 1 aromatic rings. The predicted molar refractivity (Wildman–Crippen MR) is 106 cm³/mol. The maximum atomic E-state index is 12.6. The molecule has 2 fully saturated rings. The monoisotopic (exact) mass is 356 g/mol. The number of hydrogen-bond donors (Lipinski definition) is 2. The number of carbonyl (C=O) groups excluding carboxylic acids is 2. The van der Waals surface area contributed by atoms with Crippen molar-refractivity contribution in [3.05, 3.63) is 23.8 Å². The first kappa shape index (κ1) is 18.9. The van der Waals surface area contributed by atoms with E-state index in [2.05, 4.69) is 59.1 Å². The van der Waals surface area contributed by atoms with Gasteiger partial charge >= 0.3 is 0 Å². The third-order valence-corrected chi connectivity index (χ3v) is 5.99. The van der Waals surface area contributed by atoms with Gasteiger partial charge in [-0.2, -0.15) is 0 Å². The first-order valence-electron chi connectivity index (χ1n) is 9.58. The predicted octanol–water partition coefficient (Wildman–Crippen LogP) is 4.95. The first-order chi connectivity index (χ1) is 11.8. The molecule has 4 heteroatoms. The Labute approximate surface area is 157 Å². The van der Waals surface area contributed by atoms with Crippen molar-refractivity contribution in [2.24, 2.45) is 22.7 Å². The second kappa shape index (κ2) is 5.83. The SMILES string of the molecule is CC(C)(C)c1c(NC(=O)C2CC2(C)C)cccc1NC(=O)C1CC1(C)C. The van der Waals surface area contributed by atoms with E-state index in [1.807, 2.05) is 18.2 Å². The Morgan fingerprint density at radius 2 is 1.23 bits per heavy atom. The molecule has 0 heterocycles. The fourth-order valence-electron chi connectivity index (χ4n) is 3.84. The van der Waals surface area contributed by atoms with Gasteiger partial charge in [-0.3, -0.25) is 9.59 Å². The molecular formula is C22H32N2O2. The summed E-state index contributed by atoms with van der Waals surface area (Å²) < 4.78 is 0. The number of anilines is 2. The zero-order chi connectivity index (χ0) is 19.5. The molecule has 2 atom stereocenters. The molecule has 142 valence electrons. The molecule has 2 saturated carbocycles. The van der Waals surface area contributed by atoms with Crippen LogP contribution in [0.3, 0.4) is 0 Å². The molecule has 0 bridgehead atoms. The van der Waals surface area contributed by atoms with E-state index < -0.39 is 0 Å². The Kier molecular flexibility index (Phi) is 4.25. The van der Waals surface area contributed by atoms with E-state index >= 15 is 0 Å². The summed E-state index contributed by atoms with van der Waals surface area (Å²) in [7, 11) is 0. The van der Waals surface area contributed by atoms with E-state index in [0.717, 1.165) is 29.8 Å². The molecule has 0 radical (unpaired) electrons. The van der Waals surface area contributed by atoms with Crippen molar-refractivity contribution in [3.63, 3.8) is 0 Å². The van der Waals surface area contributed by atoms with Gasteiger partial charge in [-0.15, -0.1) is 0 Å². The molecule has 0 aliphatic heterocycles. The highest BCUT2D eigenvalue weighted by Gasteiger charge is 2.51. The Hall–Kier alpha value is -1.84. The molecule has 2 aliphatic rings. The minimum Gasteiger partial charge on any atom is -0.325 e. The van der Waals surface area contributed by atoms with Crippen molar-refractivity contribution in [2.45, 2.75) is 66.7 Å². The zero-order valence-electron chi connectivity index (χ0n) is 17.1. The van der Waals surface area contributed by atoms with Crippen molar-refractivity contribution >= 4 is 23.2 Å². The third kappa shape index (κ3) is 3.65. The van der Waals surface area contributed by atoms with E-state index in [0.29, 0.717) is 0 Å². The molecule has 2 aliphatic carbocycles. The number of hydrogen-bond acceptors (Lipinski definition) is 2. The van der Waals surface area contributed by atoms with E-state index in [1.54, 1.807) is 0 Å². The summed E-state index contributed by atoms with van der Waals surface area (Å²) >= 11 is 0. The molecule has 0 spiro atoms. The van der Waals surface area contributed by atoms with Crippen LogP contribution in [-0.2, 0) is 15.0 Å². The highest BCUT2D eigenvalue weighted by atomic mass is 16.2. The summed E-state index contributed by atoms with van der Waals surface area (Å²) in [5.41, 5.74) is 2.57. The summed E-state index contributed by atoms with van der Waals surface area (Å²) in [6, 6.07) is 5.77. The topological polar surface area (TPSA) is 58.2 Å². The third-order valence-electron chi connectivity index (χ3n) is 5.99. The lowest BCUT2D eigenvalue weighted by molar-refractivity contribution is -0.118. The van der Waals surface area contributed by atoms with Crippen LogP contribution < -0.4 is 10.6 Å². The highest BCUT2D eigenvalue weighted by molar-refractivity contribution is 5.99. The molecule has 2 unspecified atom stereocenters. The molecule has 0 saturated heterocycles. The van der Waals surface area contributed by atoms with E-state index in [4.69, 9.17) is 0 Å². The standard InChI is InChI=1S/C22H32N2O2/c1-20(2,3)17-15(23-18(25)13-11-21(13,4)5)9-8-10-16(17)24-19(26)14-12-22(14,6)7/h8-10,13-14H,11-12H2,1-7H3,(H,23,25)(H,24,26). The Morgan fingerprint density at radius 1 is 0.885 bits per heavy atom. The lowest BCUT2D eigenvalue weighted by Crippen LogP contribution is -2.24. The number of amides is 2. The van der Waals surface area contributed by atoms with Gasteiger partial charge in [-0.25, -0.2) is 0 Å². The number of nitrogens with one attached hydrogen (secondary N) is 2. The first-order valence-corrected chi connectivity index (χ1v) is 9.58. The number of carbonyl (C=O) groups is 2. The fraction of sp³-hybridized carbons (Fsp3) is 0.636. The second-order valence-electron chi connectivity index (χ2n) is 10.4. The van der Waals surface area contributed by atoms with Gasteiger partial charge < -0.3 is 10.6 Å². The van der Waals surface area contributed by atoms with E-state index in [9.17, 15) is 9.59 Å². The van der Waals surface area contributed by atoms with Crippen LogP contribution in [0.4, 0.5) is 11.4 Å². The van der Waals surface area contributed by atoms with Crippen LogP contribution in [-0.4, -0.2) is 11.8 Å². The Balaban J connectivity index is 1.86. The van der Waals surface area contributed by atoms with Crippen molar-refractivity contribution < 1.29 is 9.59 Å². The number of rotatable bonds is 4. The second-order valence-corrected chi connectivity index (χ2v) is 10.4. The van der Waals surface area contributed by atoms with Crippen LogP contribution in [0.15, 0.2) is 18.2 Å². The summed E-state index contributed by atoms with van der Waals surface area (Å²) in [5, 5.41) is 6.24. The van der Waals surface area contributed by atoms with E-state index in [-0.39, 0.29) is 39.9 Å². The summed E-state index contributed by atoms with van der Waals surface area (Å²) in [6.07, 6.45) is 1.85. The minimum absolute atomic E-state index is 0.0702. The van der Waals surface area contributed by atoms with Gasteiger partial charge in [-0.1, -0.05) is 54.5 Å². The number of benzene rings is 1. The Bertz CT molecular complexity index is 702. The average Bonchev–Trinajstić information content (AvgIpc) is 3.32. The summed E-state index contributed by atoms with van der Waals surface area (Å²) in [4.78, 5) is 25.2. The summed E-state index contributed by atoms with van der Waals surface area (Å²) in [6.45, 7) is 14.8. The van der Waals surface area contributed by atoms with Crippen molar-refractivity contribution in [1.82, 2.24) is 0 Å².